The van der Waals surface area contributed by atoms with Crippen molar-refractivity contribution in [3.8, 4) is 5.88 Å². The topological polar surface area (TPSA) is 35.0 Å². The van der Waals surface area contributed by atoms with Crippen molar-refractivity contribution in [2.24, 2.45) is 0 Å². The van der Waals surface area contributed by atoms with Crippen molar-refractivity contribution in [2.45, 2.75) is 5.57 Å². The Labute approximate surface area is 86.6 Å². The monoisotopic (exact) mass is 248 g/mol. The number of aromatic nitrogens is 2. The Morgan fingerprint density at radius 3 is 2.38 bits per heavy atom. The van der Waals surface area contributed by atoms with Crippen molar-refractivity contribution in [2.75, 3.05) is 0 Å². The quantitative estimate of drug-likeness (QED) is 0.459. The Balaban J connectivity index is 2.90. The summed E-state index contributed by atoms with van der Waals surface area (Å²) in [7, 11) is 0. The van der Waals surface area contributed by atoms with Crippen LogP contribution in [0.4, 0.5) is 8.78 Å². The molecule has 3 nitrogen and oxygen atoms in total. The number of alkyl halides is 3. The van der Waals surface area contributed by atoms with Crippen molar-refractivity contribution in [1.82, 2.24) is 9.97 Å². The number of nitrogens with zero attached hydrogens (tertiary/aromatic N) is 2. The molecule has 1 aromatic heterocycles. The lowest BCUT2D eigenvalue weighted by molar-refractivity contribution is -0.0991. The van der Waals surface area contributed by atoms with Crippen LogP contribution < -0.4 is 4.74 Å². The van der Waals surface area contributed by atoms with Gasteiger partial charge in [-0.3, -0.25) is 0 Å². The van der Waals surface area contributed by atoms with E-state index >= 15 is 0 Å². The summed E-state index contributed by atoms with van der Waals surface area (Å²) in [5.41, 5.74) is -3.85. The number of halogens is 5. The van der Waals surface area contributed by atoms with E-state index in [-0.39, 0.29) is 10.4 Å². The lowest BCUT2D eigenvalue weighted by Gasteiger charge is -2.08. The maximum atomic E-state index is 12.1. The molecule has 0 fully saturated rings. The van der Waals surface area contributed by atoms with E-state index in [0.29, 0.717) is 0 Å². The lowest BCUT2D eigenvalue weighted by Crippen LogP contribution is -2.16. The van der Waals surface area contributed by atoms with Crippen LogP contribution in [-0.2, 0) is 0 Å². The Morgan fingerprint density at radius 2 is 1.92 bits per heavy atom. The minimum Gasteiger partial charge on any atom is -0.402 e. The summed E-state index contributed by atoms with van der Waals surface area (Å²) in [4.78, 5) is 6.72. The molecule has 0 atom stereocenters. The number of rotatable bonds is 2. The highest BCUT2D eigenvalue weighted by atomic mass is 35.5. The zero-order valence-corrected chi connectivity index (χ0v) is 8.04. The Hall–Kier alpha value is -0.390. The first-order valence-electron chi connectivity index (χ1n) is 2.82. The van der Waals surface area contributed by atoms with Crippen molar-refractivity contribution in [1.29, 1.82) is 0 Å². The van der Waals surface area contributed by atoms with Crippen LogP contribution in [-0.4, -0.2) is 15.5 Å². The summed E-state index contributed by atoms with van der Waals surface area (Å²) < 4.78 is 28.0. The number of ether oxygens (including phenoxy) is 1. The maximum absolute atomic E-state index is 12.1. The third kappa shape index (κ3) is 3.89. The molecule has 0 aliphatic carbocycles. The van der Waals surface area contributed by atoms with Gasteiger partial charge in [-0.05, 0) is 11.6 Å². The fraction of sp³-hybridized carbons (Fsp3) is 0.200. The normalized spacial score (nSPS) is 11.5. The summed E-state index contributed by atoms with van der Waals surface area (Å²) in [6.45, 7) is 0. The van der Waals surface area contributed by atoms with E-state index in [1.165, 1.54) is 0 Å². The molecule has 0 aromatic carbocycles. The summed E-state index contributed by atoms with van der Waals surface area (Å²) in [6, 6.07) is 0.962. The second-order valence-electron chi connectivity index (χ2n) is 1.85. The zero-order valence-electron chi connectivity index (χ0n) is 5.77. The average molecular weight is 249 g/mol. The molecule has 8 heteroatoms. The first-order valence-corrected chi connectivity index (χ1v) is 3.96. The largest absolute Gasteiger partial charge is 0.488 e. The van der Waals surface area contributed by atoms with Gasteiger partial charge in [-0.1, -0.05) is 11.6 Å². The van der Waals surface area contributed by atoms with E-state index in [0.717, 1.165) is 6.07 Å². The molecule has 1 heterocycles. The molecule has 0 N–H and O–H groups in total. The molecule has 1 aromatic rings. The molecular formula is C5HCl3F2N2O. The van der Waals surface area contributed by atoms with Crippen molar-refractivity contribution in [3.05, 3.63) is 16.5 Å². The van der Waals surface area contributed by atoms with E-state index in [2.05, 4.69) is 26.3 Å². The summed E-state index contributed by atoms with van der Waals surface area (Å²) in [5, 5.41) is -0.417. The third-order valence-corrected chi connectivity index (χ3v) is 1.30. The molecular weight excluding hydrogens is 248 g/mol. The molecule has 0 aliphatic heterocycles. The first kappa shape index (κ1) is 10.7. The minimum atomic E-state index is -3.85. The first-order chi connectivity index (χ1) is 5.87. The van der Waals surface area contributed by atoms with Gasteiger partial charge in [0.25, 0.3) is 0 Å². The van der Waals surface area contributed by atoms with E-state index in [1.54, 1.807) is 0 Å². The lowest BCUT2D eigenvalue weighted by atomic mass is 10.6. The van der Waals surface area contributed by atoms with Gasteiger partial charge >= 0.3 is 5.57 Å². The van der Waals surface area contributed by atoms with Crippen LogP contribution in [0.3, 0.4) is 0 Å². The van der Waals surface area contributed by atoms with Gasteiger partial charge in [0.15, 0.2) is 0 Å². The summed E-state index contributed by atoms with van der Waals surface area (Å²) >= 11 is 15.1. The van der Waals surface area contributed by atoms with Gasteiger partial charge in [0, 0.05) is 17.7 Å². The van der Waals surface area contributed by atoms with Gasteiger partial charge in [0.05, 0.1) is 0 Å². The number of hydrogen-bond donors (Lipinski definition) is 0. The summed E-state index contributed by atoms with van der Waals surface area (Å²) in [6.07, 6.45) is 0. The van der Waals surface area contributed by atoms with E-state index in [4.69, 9.17) is 23.2 Å². The van der Waals surface area contributed by atoms with Gasteiger partial charge in [-0.2, -0.15) is 4.98 Å². The van der Waals surface area contributed by atoms with Crippen LogP contribution in [0.25, 0.3) is 0 Å². The average Bonchev–Trinajstić information content (AvgIpc) is 1.78. The fourth-order valence-corrected chi connectivity index (χ4v) is 1.01. The van der Waals surface area contributed by atoms with Crippen molar-refractivity contribution in [3.63, 3.8) is 0 Å². The van der Waals surface area contributed by atoms with Crippen molar-refractivity contribution >= 4 is 34.8 Å². The van der Waals surface area contributed by atoms with Crippen molar-refractivity contribution < 1.29 is 13.5 Å². The van der Waals surface area contributed by atoms with Gasteiger partial charge in [-0.15, -0.1) is 8.78 Å². The van der Waals surface area contributed by atoms with Gasteiger partial charge in [0.1, 0.15) is 5.15 Å². The minimum absolute atomic E-state index is 0.115. The van der Waals surface area contributed by atoms with E-state index < -0.39 is 11.4 Å². The highest BCUT2D eigenvalue weighted by Gasteiger charge is 2.28. The predicted molar refractivity (Wildman–Crippen MR) is 43.5 cm³/mol. The smallest absolute Gasteiger partial charge is 0.402 e. The molecule has 0 saturated heterocycles. The Bertz CT molecular complexity index is 297. The molecule has 0 spiro atoms. The van der Waals surface area contributed by atoms with Gasteiger partial charge in [-0.25, -0.2) is 4.98 Å². The van der Waals surface area contributed by atoms with Crippen LogP contribution in [0.1, 0.15) is 0 Å². The highest BCUT2D eigenvalue weighted by Crippen LogP contribution is 2.25. The second kappa shape index (κ2) is 3.77. The van der Waals surface area contributed by atoms with Crippen LogP contribution in [0.15, 0.2) is 6.07 Å². The Morgan fingerprint density at radius 1 is 1.31 bits per heavy atom. The molecule has 0 amide bonds. The molecule has 0 aliphatic rings. The third-order valence-electron chi connectivity index (χ3n) is 0.864. The standard InChI is InChI=1S/C5HCl3F2N2O/c6-2-1-3(12-4(7)11-2)13-5(8,9)10/h1H. The zero-order chi connectivity index (χ0) is 10.1. The van der Waals surface area contributed by atoms with Gasteiger partial charge in [0.2, 0.25) is 11.2 Å². The van der Waals surface area contributed by atoms with Crippen LogP contribution in [0.5, 0.6) is 5.88 Å². The number of hydrogen-bond acceptors (Lipinski definition) is 3. The molecule has 72 valence electrons. The molecule has 0 bridgehead atoms. The molecule has 0 radical (unpaired) electrons. The highest BCUT2D eigenvalue weighted by molar-refractivity contribution is 6.31. The van der Waals surface area contributed by atoms with Crippen LogP contribution >= 0.6 is 34.8 Å². The van der Waals surface area contributed by atoms with Crippen LogP contribution in [0.2, 0.25) is 10.4 Å². The molecule has 1 rings (SSSR count). The van der Waals surface area contributed by atoms with Gasteiger partial charge < -0.3 is 4.74 Å². The van der Waals surface area contributed by atoms with Crippen LogP contribution in [0, 0.1) is 0 Å². The Kier molecular flexibility index (Phi) is 3.10. The summed E-state index contributed by atoms with van der Waals surface area (Å²) in [5.74, 6) is -0.495. The maximum Gasteiger partial charge on any atom is 0.488 e. The molecule has 13 heavy (non-hydrogen) atoms. The second-order valence-corrected chi connectivity index (χ2v) is 3.01. The molecule has 0 unspecified atom stereocenters. The predicted octanol–water partition coefficient (Wildman–Crippen LogP) is 2.95. The van der Waals surface area contributed by atoms with E-state index in [1.807, 2.05) is 0 Å². The molecule has 0 saturated carbocycles. The fourth-order valence-electron chi connectivity index (χ4n) is 0.541. The SMILES string of the molecule is FC(F)(Cl)Oc1cc(Cl)nc(Cl)n1. The van der Waals surface area contributed by atoms with E-state index in [9.17, 15) is 8.78 Å².